The summed E-state index contributed by atoms with van der Waals surface area (Å²) in [6.45, 7) is 4.06. The van der Waals surface area contributed by atoms with Gasteiger partial charge in [-0.2, -0.15) is 11.8 Å². The predicted molar refractivity (Wildman–Crippen MR) is 43.9 cm³/mol. The van der Waals surface area contributed by atoms with Gasteiger partial charge in [0.25, 0.3) is 0 Å². The minimum absolute atomic E-state index is 0.522. The van der Waals surface area contributed by atoms with Crippen LogP contribution in [-0.4, -0.2) is 24.6 Å². The van der Waals surface area contributed by atoms with E-state index in [-0.39, 0.29) is 0 Å². The van der Waals surface area contributed by atoms with Crippen molar-refractivity contribution < 1.29 is 9.53 Å². The van der Waals surface area contributed by atoms with Crippen molar-refractivity contribution >= 4 is 18.2 Å². The van der Waals surface area contributed by atoms with Gasteiger partial charge in [-0.05, 0) is 24.3 Å². The molecule has 0 saturated heterocycles. The smallest absolute Gasteiger partial charge is 0.417 e. The fourth-order valence-electron chi connectivity index (χ4n) is 0.564. The van der Waals surface area contributed by atoms with Gasteiger partial charge >= 0.3 is 6.47 Å². The summed E-state index contributed by atoms with van der Waals surface area (Å²) in [6, 6.07) is 0. The Kier molecular flexibility index (Phi) is 8.66. The Labute approximate surface area is 66.3 Å². The van der Waals surface area contributed by atoms with Crippen molar-refractivity contribution in [1.29, 1.82) is 0 Å². The molecule has 2 nitrogen and oxygen atoms in total. The number of rotatable bonds is 7. The molecule has 1 radical (unpaired) electrons. The quantitative estimate of drug-likeness (QED) is 0.530. The van der Waals surface area contributed by atoms with Gasteiger partial charge in [0.2, 0.25) is 0 Å². The minimum Gasteiger partial charge on any atom is -0.457 e. The van der Waals surface area contributed by atoms with Crippen molar-refractivity contribution in [3.8, 4) is 0 Å². The van der Waals surface area contributed by atoms with Crippen molar-refractivity contribution in [1.82, 2.24) is 0 Å². The summed E-state index contributed by atoms with van der Waals surface area (Å²) in [6.07, 6.45) is 2.09. The third-order valence-electron chi connectivity index (χ3n) is 1.05. The average molecular weight is 161 g/mol. The minimum atomic E-state index is 0.522. The number of ether oxygens (including phenoxy) is 1. The molecule has 0 spiro atoms. The van der Waals surface area contributed by atoms with Crippen LogP contribution in [0.2, 0.25) is 0 Å². The Balaban J connectivity index is 2.70. The first-order chi connectivity index (χ1) is 4.91. The summed E-state index contributed by atoms with van der Waals surface area (Å²) >= 11 is 1.91. The van der Waals surface area contributed by atoms with Crippen LogP contribution in [0.25, 0.3) is 0 Å². The molecule has 0 heterocycles. The van der Waals surface area contributed by atoms with E-state index in [9.17, 15) is 4.79 Å². The first-order valence-corrected chi connectivity index (χ1v) is 4.64. The molecule has 3 heteroatoms. The first kappa shape index (κ1) is 9.82. The van der Waals surface area contributed by atoms with E-state index >= 15 is 0 Å². The number of hydrogen-bond acceptors (Lipinski definition) is 3. The van der Waals surface area contributed by atoms with Crippen molar-refractivity contribution in [2.24, 2.45) is 0 Å². The zero-order chi connectivity index (χ0) is 7.66. The highest BCUT2D eigenvalue weighted by Gasteiger charge is 1.88. The second-order valence-electron chi connectivity index (χ2n) is 1.84. The molecule has 0 aromatic carbocycles. The van der Waals surface area contributed by atoms with E-state index in [0.717, 1.165) is 12.8 Å². The topological polar surface area (TPSA) is 26.3 Å². The molecule has 0 atom stereocenters. The zero-order valence-electron chi connectivity index (χ0n) is 6.26. The maximum absolute atomic E-state index is 9.54. The Hall–Kier alpha value is -0.180. The number of hydrogen-bond donors (Lipinski definition) is 0. The Bertz CT molecular complexity index is 76.0. The van der Waals surface area contributed by atoms with E-state index < -0.39 is 0 Å². The first-order valence-electron chi connectivity index (χ1n) is 3.48. The van der Waals surface area contributed by atoms with Crippen LogP contribution < -0.4 is 0 Å². The zero-order valence-corrected chi connectivity index (χ0v) is 7.08. The maximum atomic E-state index is 9.54. The molecule has 0 aliphatic carbocycles. The van der Waals surface area contributed by atoms with Gasteiger partial charge in [0, 0.05) is 0 Å². The van der Waals surface area contributed by atoms with E-state index in [1.165, 1.54) is 18.0 Å². The van der Waals surface area contributed by atoms with Crippen LogP contribution >= 0.6 is 11.8 Å². The summed E-state index contributed by atoms with van der Waals surface area (Å²) in [5.74, 6) is 2.33. The van der Waals surface area contributed by atoms with Gasteiger partial charge in [-0.3, -0.25) is 0 Å². The molecule has 0 fully saturated rings. The fraction of sp³-hybridized carbons (Fsp3) is 0.857. The third-order valence-corrected chi connectivity index (χ3v) is 2.03. The van der Waals surface area contributed by atoms with Crippen molar-refractivity contribution in [3.05, 3.63) is 0 Å². The standard InChI is InChI=1S/C7H13O2S/c1-2-10-6-4-3-5-9-7-8/h2-6H2,1H3. The highest BCUT2D eigenvalue weighted by atomic mass is 32.2. The normalized spacial score (nSPS) is 9.30. The molecule has 0 N–H and O–H groups in total. The average Bonchev–Trinajstić information content (AvgIpc) is 1.97. The van der Waals surface area contributed by atoms with E-state index in [0.29, 0.717) is 6.61 Å². The largest absolute Gasteiger partial charge is 0.457 e. The van der Waals surface area contributed by atoms with Crippen molar-refractivity contribution in [2.75, 3.05) is 18.1 Å². The molecule has 0 amide bonds. The molecule has 0 bridgehead atoms. The third kappa shape index (κ3) is 7.82. The summed E-state index contributed by atoms with van der Waals surface area (Å²) in [5.41, 5.74) is 0. The Morgan fingerprint density at radius 2 is 2.30 bits per heavy atom. The van der Waals surface area contributed by atoms with Crippen molar-refractivity contribution in [3.63, 3.8) is 0 Å². The number of thioether (sulfide) groups is 1. The second-order valence-corrected chi connectivity index (χ2v) is 3.23. The summed E-state index contributed by atoms with van der Waals surface area (Å²) in [5, 5.41) is 0. The lowest BCUT2D eigenvalue weighted by atomic mass is 10.4. The summed E-state index contributed by atoms with van der Waals surface area (Å²) < 4.78 is 4.40. The van der Waals surface area contributed by atoms with Crippen LogP contribution in [0.15, 0.2) is 0 Å². The Morgan fingerprint density at radius 3 is 2.90 bits per heavy atom. The van der Waals surface area contributed by atoms with Gasteiger partial charge in [0.05, 0.1) is 6.61 Å². The van der Waals surface area contributed by atoms with Gasteiger partial charge in [0.1, 0.15) is 0 Å². The highest BCUT2D eigenvalue weighted by Crippen LogP contribution is 2.02. The molecule has 59 valence electrons. The van der Waals surface area contributed by atoms with Gasteiger partial charge < -0.3 is 4.74 Å². The number of carbonyl (C=O) groups excluding carboxylic acids is 1. The lowest BCUT2D eigenvalue weighted by Crippen LogP contribution is -1.92. The monoisotopic (exact) mass is 161 g/mol. The molecule has 0 aromatic rings. The van der Waals surface area contributed by atoms with Gasteiger partial charge in [-0.25, -0.2) is 4.79 Å². The van der Waals surface area contributed by atoms with Crippen LogP contribution in [0.5, 0.6) is 0 Å². The van der Waals surface area contributed by atoms with E-state index in [4.69, 9.17) is 0 Å². The maximum Gasteiger partial charge on any atom is 0.417 e. The number of unbranched alkanes of at least 4 members (excludes halogenated alkanes) is 1. The van der Waals surface area contributed by atoms with Crippen LogP contribution in [0.1, 0.15) is 19.8 Å². The molecular weight excluding hydrogens is 148 g/mol. The van der Waals surface area contributed by atoms with E-state index in [2.05, 4.69) is 11.7 Å². The molecule has 0 rings (SSSR count). The van der Waals surface area contributed by atoms with Gasteiger partial charge in [-0.1, -0.05) is 6.92 Å². The molecule has 0 aliphatic rings. The highest BCUT2D eigenvalue weighted by molar-refractivity contribution is 7.99. The van der Waals surface area contributed by atoms with E-state index in [1.807, 2.05) is 11.8 Å². The fourth-order valence-corrected chi connectivity index (χ4v) is 1.26. The van der Waals surface area contributed by atoms with Crippen molar-refractivity contribution in [2.45, 2.75) is 19.8 Å². The molecule has 0 aromatic heterocycles. The van der Waals surface area contributed by atoms with Crippen LogP contribution in [0.4, 0.5) is 0 Å². The molecule has 10 heavy (non-hydrogen) atoms. The lowest BCUT2D eigenvalue weighted by molar-refractivity contribution is 0.272. The molecule has 0 aliphatic heterocycles. The SMILES string of the molecule is CCSCCCCO[C]=O. The second kappa shape index (κ2) is 8.82. The molecule has 0 saturated carbocycles. The van der Waals surface area contributed by atoms with Crippen LogP contribution in [0.3, 0.4) is 0 Å². The summed E-state index contributed by atoms with van der Waals surface area (Å²) in [7, 11) is 0. The van der Waals surface area contributed by atoms with Crippen LogP contribution in [0, 0.1) is 0 Å². The lowest BCUT2D eigenvalue weighted by Gasteiger charge is -1.96. The predicted octanol–water partition coefficient (Wildman–Crippen LogP) is 1.60. The Morgan fingerprint density at radius 1 is 1.50 bits per heavy atom. The molecular formula is C7H13O2S. The van der Waals surface area contributed by atoms with Crippen LogP contribution in [-0.2, 0) is 9.53 Å². The van der Waals surface area contributed by atoms with Gasteiger partial charge in [-0.15, -0.1) is 0 Å². The van der Waals surface area contributed by atoms with E-state index in [1.54, 1.807) is 0 Å². The summed E-state index contributed by atoms with van der Waals surface area (Å²) in [4.78, 5) is 9.54. The van der Waals surface area contributed by atoms with Gasteiger partial charge in [0.15, 0.2) is 0 Å². The molecule has 0 unspecified atom stereocenters.